The number of hydrogen-bond donors (Lipinski definition) is 2. The highest BCUT2D eigenvalue weighted by atomic mass is 16.5. The molecule has 0 radical (unpaired) electrons. The van der Waals surface area contributed by atoms with Gasteiger partial charge in [0.25, 0.3) is 5.56 Å². The number of hydrazine groups is 1. The van der Waals surface area contributed by atoms with E-state index in [0.717, 1.165) is 5.69 Å². The molecule has 0 spiro atoms. The van der Waals surface area contributed by atoms with Gasteiger partial charge in [0, 0.05) is 23.9 Å². The number of aromatic nitrogens is 4. The second-order valence-electron chi connectivity index (χ2n) is 3.83. The van der Waals surface area contributed by atoms with Gasteiger partial charge in [-0.15, -0.1) is 5.10 Å². The van der Waals surface area contributed by atoms with Gasteiger partial charge in [-0.25, -0.2) is 20.5 Å². The number of hydrogen-bond acceptors (Lipinski definition) is 7. The predicted molar refractivity (Wildman–Crippen MR) is 68.7 cm³/mol. The smallest absolute Gasteiger partial charge is 0.267 e. The Morgan fingerprint density at radius 3 is 2.89 bits per heavy atom. The van der Waals surface area contributed by atoms with Crippen molar-refractivity contribution in [3.8, 4) is 5.88 Å². The molecule has 0 fully saturated rings. The molecule has 8 nitrogen and oxygen atoms in total. The number of nitrogen functional groups attached to an aromatic ring is 1. The molecule has 2 aromatic rings. The number of anilines is 1. The number of nitrogens with two attached hydrogens (primary N) is 1. The standard InChI is InChI=1S/C11H14N6O2/c1-7-5-8(15-12)14-9(13-7)6-17-11(18)4-3-10(16-17)19-2/h3-5H,6,12H2,1-2H3,(H,13,14,15). The molecule has 0 bridgehead atoms. The van der Waals surface area contributed by atoms with Gasteiger partial charge in [-0.2, -0.15) is 0 Å². The summed E-state index contributed by atoms with van der Waals surface area (Å²) in [5.41, 5.74) is 2.94. The number of methoxy groups -OCH3 is 1. The van der Waals surface area contributed by atoms with E-state index < -0.39 is 0 Å². The highest BCUT2D eigenvalue weighted by molar-refractivity contribution is 5.33. The monoisotopic (exact) mass is 262 g/mol. The Morgan fingerprint density at radius 2 is 2.21 bits per heavy atom. The normalized spacial score (nSPS) is 10.3. The summed E-state index contributed by atoms with van der Waals surface area (Å²) in [6, 6.07) is 4.58. The van der Waals surface area contributed by atoms with Gasteiger partial charge in [0.05, 0.1) is 7.11 Å². The number of rotatable bonds is 4. The maximum Gasteiger partial charge on any atom is 0.267 e. The minimum Gasteiger partial charge on any atom is -0.480 e. The van der Waals surface area contributed by atoms with Gasteiger partial charge in [-0.05, 0) is 6.92 Å². The molecule has 19 heavy (non-hydrogen) atoms. The van der Waals surface area contributed by atoms with Crippen molar-refractivity contribution >= 4 is 5.82 Å². The summed E-state index contributed by atoms with van der Waals surface area (Å²) in [6.45, 7) is 1.96. The Balaban J connectivity index is 2.35. The second kappa shape index (κ2) is 5.44. The molecule has 2 heterocycles. The molecule has 0 saturated carbocycles. The van der Waals surface area contributed by atoms with Crippen molar-refractivity contribution < 1.29 is 4.74 Å². The fraction of sp³-hybridized carbons (Fsp3) is 0.273. The van der Waals surface area contributed by atoms with Crippen LogP contribution in [-0.4, -0.2) is 26.9 Å². The van der Waals surface area contributed by atoms with Gasteiger partial charge in [-0.1, -0.05) is 0 Å². The zero-order valence-electron chi connectivity index (χ0n) is 10.6. The van der Waals surface area contributed by atoms with Gasteiger partial charge in [0.2, 0.25) is 5.88 Å². The largest absolute Gasteiger partial charge is 0.480 e. The van der Waals surface area contributed by atoms with E-state index in [4.69, 9.17) is 10.6 Å². The van der Waals surface area contributed by atoms with Crippen molar-refractivity contribution in [1.82, 2.24) is 19.7 Å². The van der Waals surface area contributed by atoms with Crippen LogP contribution in [0, 0.1) is 6.92 Å². The van der Waals surface area contributed by atoms with E-state index in [2.05, 4.69) is 20.5 Å². The third kappa shape index (κ3) is 3.05. The summed E-state index contributed by atoms with van der Waals surface area (Å²) in [5.74, 6) is 6.59. The minimum atomic E-state index is -0.256. The van der Waals surface area contributed by atoms with Crippen molar-refractivity contribution in [2.24, 2.45) is 5.84 Å². The van der Waals surface area contributed by atoms with Gasteiger partial charge >= 0.3 is 0 Å². The SMILES string of the molecule is COc1ccc(=O)n(Cc2nc(C)cc(NN)n2)n1. The molecule has 0 aliphatic rings. The van der Waals surface area contributed by atoms with E-state index in [-0.39, 0.29) is 12.1 Å². The number of nitrogens with zero attached hydrogens (tertiary/aromatic N) is 4. The van der Waals surface area contributed by atoms with Gasteiger partial charge in [0.1, 0.15) is 12.4 Å². The summed E-state index contributed by atoms with van der Waals surface area (Å²) < 4.78 is 6.20. The molecule has 0 saturated heterocycles. The van der Waals surface area contributed by atoms with E-state index in [9.17, 15) is 4.79 Å². The van der Waals surface area contributed by atoms with E-state index in [1.807, 2.05) is 6.92 Å². The summed E-state index contributed by atoms with van der Waals surface area (Å²) in [4.78, 5) is 20.1. The first-order valence-electron chi connectivity index (χ1n) is 5.55. The number of aryl methyl sites for hydroxylation is 1. The van der Waals surface area contributed by atoms with Gasteiger partial charge in [0.15, 0.2) is 5.82 Å². The Morgan fingerprint density at radius 1 is 1.42 bits per heavy atom. The maximum absolute atomic E-state index is 11.7. The molecular weight excluding hydrogens is 248 g/mol. The Kier molecular flexibility index (Phi) is 3.71. The van der Waals surface area contributed by atoms with E-state index in [0.29, 0.717) is 17.5 Å². The third-order valence-corrected chi connectivity index (χ3v) is 2.39. The summed E-state index contributed by atoms with van der Waals surface area (Å²) in [5, 5.41) is 4.02. The van der Waals surface area contributed by atoms with Gasteiger partial charge < -0.3 is 10.2 Å². The molecule has 0 atom stereocenters. The van der Waals surface area contributed by atoms with Crippen molar-refractivity contribution in [3.05, 3.63) is 40.1 Å². The fourth-order valence-electron chi connectivity index (χ4n) is 1.56. The highest BCUT2D eigenvalue weighted by Gasteiger charge is 2.06. The van der Waals surface area contributed by atoms with Crippen LogP contribution in [0.15, 0.2) is 23.0 Å². The van der Waals surface area contributed by atoms with Crippen LogP contribution in [-0.2, 0) is 6.54 Å². The lowest BCUT2D eigenvalue weighted by molar-refractivity contribution is 0.378. The minimum absolute atomic E-state index is 0.145. The summed E-state index contributed by atoms with van der Waals surface area (Å²) in [6.07, 6.45) is 0. The van der Waals surface area contributed by atoms with Crippen molar-refractivity contribution in [1.29, 1.82) is 0 Å². The number of ether oxygens (including phenoxy) is 1. The van der Waals surface area contributed by atoms with Crippen LogP contribution in [0.5, 0.6) is 5.88 Å². The first kappa shape index (κ1) is 13.0. The van der Waals surface area contributed by atoms with Gasteiger partial charge in [-0.3, -0.25) is 4.79 Å². The molecule has 0 aliphatic heterocycles. The van der Waals surface area contributed by atoms with Crippen molar-refractivity contribution in [2.45, 2.75) is 13.5 Å². The lowest BCUT2D eigenvalue weighted by Crippen LogP contribution is -2.24. The predicted octanol–water partition coefficient (Wildman–Crippen LogP) is -0.316. The fourth-order valence-corrected chi connectivity index (χ4v) is 1.56. The molecular formula is C11H14N6O2. The summed E-state index contributed by atoms with van der Waals surface area (Å²) >= 11 is 0. The molecule has 100 valence electrons. The molecule has 2 aromatic heterocycles. The first-order valence-corrected chi connectivity index (χ1v) is 5.55. The molecule has 0 aliphatic carbocycles. The zero-order valence-corrected chi connectivity index (χ0v) is 10.6. The highest BCUT2D eigenvalue weighted by Crippen LogP contribution is 2.06. The molecule has 0 unspecified atom stereocenters. The van der Waals surface area contributed by atoms with Crippen LogP contribution in [0.1, 0.15) is 11.5 Å². The zero-order chi connectivity index (χ0) is 13.8. The van der Waals surface area contributed by atoms with Crippen LogP contribution < -0.4 is 21.6 Å². The summed E-state index contributed by atoms with van der Waals surface area (Å²) in [7, 11) is 1.48. The second-order valence-corrected chi connectivity index (χ2v) is 3.83. The number of nitrogens with one attached hydrogen (secondary N) is 1. The molecule has 8 heteroatoms. The molecule has 0 amide bonds. The van der Waals surface area contributed by atoms with Crippen LogP contribution in [0.25, 0.3) is 0 Å². The van der Waals surface area contributed by atoms with E-state index in [1.165, 1.54) is 23.9 Å². The molecule has 3 N–H and O–H groups in total. The molecule has 0 aromatic carbocycles. The van der Waals surface area contributed by atoms with Crippen LogP contribution in [0.2, 0.25) is 0 Å². The van der Waals surface area contributed by atoms with E-state index >= 15 is 0 Å². The Labute approximate surface area is 109 Å². The van der Waals surface area contributed by atoms with Crippen LogP contribution in [0.3, 0.4) is 0 Å². The topological polar surface area (TPSA) is 108 Å². The first-order chi connectivity index (χ1) is 9.12. The van der Waals surface area contributed by atoms with Crippen LogP contribution in [0.4, 0.5) is 5.82 Å². The average molecular weight is 262 g/mol. The van der Waals surface area contributed by atoms with Crippen molar-refractivity contribution in [2.75, 3.05) is 12.5 Å². The maximum atomic E-state index is 11.7. The van der Waals surface area contributed by atoms with E-state index in [1.54, 1.807) is 6.07 Å². The molecule has 2 rings (SSSR count). The quantitative estimate of drug-likeness (QED) is 0.574. The lowest BCUT2D eigenvalue weighted by atomic mass is 10.4. The van der Waals surface area contributed by atoms with Crippen LogP contribution >= 0.6 is 0 Å². The third-order valence-electron chi connectivity index (χ3n) is 2.39. The Bertz CT molecular complexity index is 639. The van der Waals surface area contributed by atoms with Crippen molar-refractivity contribution in [3.63, 3.8) is 0 Å². The average Bonchev–Trinajstić information content (AvgIpc) is 2.40. The Hall–Kier alpha value is -2.48. The lowest BCUT2D eigenvalue weighted by Gasteiger charge is -2.07.